The van der Waals surface area contributed by atoms with E-state index in [1.165, 1.54) is 6.42 Å². The normalized spacial score (nSPS) is 15.3. The first-order chi connectivity index (χ1) is 9.75. The van der Waals surface area contributed by atoms with Crippen LogP contribution in [0, 0.1) is 6.92 Å². The van der Waals surface area contributed by atoms with E-state index in [2.05, 4.69) is 4.98 Å². The van der Waals surface area contributed by atoms with E-state index in [4.69, 9.17) is 0 Å². The Hall–Kier alpha value is -1.68. The van der Waals surface area contributed by atoms with Crippen molar-refractivity contribution in [2.75, 3.05) is 13.1 Å². The molecule has 1 aliphatic rings. The third-order valence-electron chi connectivity index (χ3n) is 3.66. The minimum Gasteiger partial charge on any atom is -0.337 e. The molecule has 0 unspecified atom stereocenters. The highest BCUT2D eigenvalue weighted by atomic mass is 32.1. The molecule has 0 saturated carbocycles. The molecule has 1 aromatic carbocycles. The Labute approximate surface area is 123 Å². The lowest BCUT2D eigenvalue weighted by Gasteiger charge is -2.26. The molecule has 0 radical (unpaired) electrons. The highest BCUT2D eigenvalue weighted by Crippen LogP contribution is 2.28. The van der Waals surface area contributed by atoms with E-state index >= 15 is 0 Å². The molecule has 1 aliphatic heterocycles. The molecule has 3 nitrogen and oxygen atoms in total. The summed E-state index contributed by atoms with van der Waals surface area (Å²) in [4.78, 5) is 20.1. The fourth-order valence-corrected chi connectivity index (χ4v) is 3.46. The van der Waals surface area contributed by atoms with Gasteiger partial charge in [-0.1, -0.05) is 30.3 Å². The van der Waals surface area contributed by atoms with E-state index in [-0.39, 0.29) is 5.91 Å². The largest absolute Gasteiger partial charge is 0.337 e. The van der Waals surface area contributed by atoms with Gasteiger partial charge in [0.1, 0.15) is 10.7 Å². The minimum atomic E-state index is 0.0978. The van der Waals surface area contributed by atoms with Crippen LogP contribution in [0.25, 0.3) is 10.6 Å². The Morgan fingerprint density at radius 3 is 2.55 bits per heavy atom. The molecule has 1 fully saturated rings. The van der Waals surface area contributed by atoms with Crippen molar-refractivity contribution >= 4 is 17.2 Å². The maximum atomic E-state index is 12.5. The monoisotopic (exact) mass is 286 g/mol. The smallest absolute Gasteiger partial charge is 0.273 e. The topological polar surface area (TPSA) is 33.2 Å². The number of aromatic nitrogens is 1. The molecule has 1 saturated heterocycles. The van der Waals surface area contributed by atoms with Gasteiger partial charge in [0, 0.05) is 23.5 Å². The van der Waals surface area contributed by atoms with Crippen LogP contribution in [-0.4, -0.2) is 28.9 Å². The number of hydrogen-bond acceptors (Lipinski definition) is 3. The predicted molar refractivity (Wildman–Crippen MR) is 82.0 cm³/mol. The summed E-state index contributed by atoms with van der Waals surface area (Å²) in [5.74, 6) is 0.0978. The van der Waals surface area contributed by atoms with Crippen molar-refractivity contribution < 1.29 is 4.79 Å². The van der Waals surface area contributed by atoms with Crippen LogP contribution in [-0.2, 0) is 0 Å². The number of rotatable bonds is 2. The number of hydrogen-bond donors (Lipinski definition) is 0. The Morgan fingerprint density at radius 1 is 1.15 bits per heavy atom. The minimum absolute atomic E-state index is 0.0978. The second-order valence-electron chi connectivity index (χ2n) is 5.14. The van der Waals surface area contributed by atoms with E-state index in [0.717, 1.165) is 41.4 Å². The fourth-order valence-electron chi connectivity index (χ4n) is 2.55. The van der Waals surface area contributed by atoms with Crippen LogP contribution < -0.4 is 0 Å². The van der Waals surface area contributed by atoms with E-state index < -0.39 is 0 Å². The average molecular weight is 286 g/mol. The lowest BCUT2D eigenvalue weighted by molar-refractivity contribution is 0.0718. The number of amides is 1. The molecule has 0 spiro atoms. The number of aryl methyl sites for hydroxylation is 1. The summed E-state index contributed by atoms with van der Waals surface area (Å²) in [6.45, 7) is 3.73. The molecule has 104 valence electrons. The van der Waals surface area contributed by atoms with Crippen molar-refractivity contribution in [2.45, 2.75) is 26.2 Å². The predicted octanol–water partition coefficient (Wildman–Crippen LogP) is 3.74. The van der Waals surface area contributed by atoms with Crippen LogP contribution in [0.3, 0.4) is 0 Å². The first-order valence-corrected chi connectivity index (χ1v) is 7.89. The van der Waals surface area contributed by atoms with Gasteiger partial charge in [-0.05, 0) is 26.2 Å². The van der Waals surface area contributed by atoms with Crippen molar-refractivity contribution in [3.8, 4) is 10.6 Å². The zero-order valence-electron chi connectivity index (χ0n) is 11.6. The number of nitrogens with zero attached hydrogens (tertiary/aromatic N) is 2. The van der Waals surface area contributed by atoms with Gasteiger partial charge in [-0.25, -0.2) is 4.98 Å². The van der Waals surface area contributed by atoms with Crippen LogP contribution in [0.2, 0.25) is 0 Å². The average Bonchev–Trinajstić information content (AvgIpc) is 2.90. The summed E-state index contributed by atoms with van der Waals surface area (Å²) in [5, 5.41) is 0.934. The summed E-state index contributed by atoms with van der Waals surface area (Å²) in [6.07, 6.45) is 3.45. The van der Waals surface area contributed by atoms with Crippen LogP contribution in [0.15, 0.2) is 30.3 Å². The standard InChI is InChI=1S/C16H18N2OS/c1-12-14(16(19)18-10-6-3-7-11-18)17-15(20-12)13-8-4-2-5-9-13/h2,4-5,8-9H,3,6-7,10-11H2,1H3. The van der Waals surface area contributed by atoms with E-state index in [9.17, 15) is 4.79 Å². The molecule has 20 heavy (non-hydrogen) atoms. The van der Waals surface area contributed by atoms with Crippen LogP contribution >= 0.6 is 11.3 Å². The summed E-state index contributed by atoms with van der Waals surface area (Å²) >= 11 is 1.60. The number of benzene rings is 1. The Kier molecular flexibility index (Phi) is 3.83. The number of carbonyl (C=O) groups is 1. The van der Waals surface area contributed by atoms with Gasteiger partial charge in [-0.3, -0.25) is 4.79 Å². The first-order valence-electron chi connectivity index (χ1n) is 7.08. The second-order valence-corrected chi connectivity index (χ2v) is 6.35. The molecular formula is C16H18N2OS. The quantitative estimate of drug-likeness (QED) is 0.842. The molecule has 1 aromatic heterocycles. The SMILES string of the molecule is Cc1sc(-c2ccccc2)nc1C(=O)N1CCCCC1. The Balaban J connectivity index is 1.87. The van der Waals surface area contributed by atoms with Crippen LogP contribution in [0.4, 0.5) is 0 Å². The molecule has 1 amide bonds. The maximum Gasteiger partial charge on any atom is 0.273 e. The van der Waals surface area contributed by atoms with E-state index in [1.807, 2.05) is 42.2 Å². The van der Waals surface area contributed by atoms with Crippen molar-refractivity contribution in [1.82, 2.24) is 9.88 Å². The summed E-state index contributed by atoms with van der Waals surface area (Å²) < 4.78 is 0. The maximum absolute atomic E-state index is 12.5. The number of carbonyl (C=O) groups excluding carboxylic acids is 1. The van der Waals surface area contributed by atoms with E-state index in [0.29, 0.717) is 5.69 Å². The third kappa shape index (κ3) is 2.61. The van der Waals surface area contributed by atoms with Crippen LogP contribution in [0.1, 0.15) is 34.6 Å². The Morgan fingerprint density at radius 2 is 1.85 bits per heavy atom. The summed E-state index contributed by atoms with van der Waals surface area (Å²) in [7, 11) is 0. The molecule has 0 N–H and O–H groups in total. The molecule has 0 aliphatic carbocycles. The summed E-state index contributed by atoms with van der Waals surface area (Å²) in [5.41, 5.74) is 1.72. The van der Waals surface area contributed by atoms with Crippen molar-refractivity contribution in [3.05, 3.63) is 40.9 Å². The molecule has 0 bridgehead atoms. The molecule has 3 rings (SSSR count). The third-order valence-corrected chi connectivity index (χ3v) is 4.68. The first kappa shape index (κ1) is 13.3. The Bertz CT molecular complexity index is 600. The van der Waals surface area contributed by atoms with Crippen molar-refractivity contribution in [3.63, 3.8) is 0 Å². The lowest BCUT2D eigenvalue weighted by atomic mass is 10.1. The van der Waals surface area contributed by atoms with Crippen molar-refractivity contribution in [2.24, 2.45) is 0 Å². The van der Waals surface area contributed by atoms with Gasteiger partial charge < -0.3 is 4.90 Å². The molecule has 4 heteroatoms. The van der Waals surface area contributed by atoms with Gasteiger partial charge in [-0.2, -0.15) is 0 Å². The number of likely N-dealkylation sites (tertiary alicyclic amines) is 1. The molecule has 0 atom stereocenters. The van der Waals surface area contributed by atoms with Crippen LogP contribution in [0.5, 0.6) is 0 Å². The summed E-state index contributed by atoms with van der Waals surface area (Å²) in [6, 6.07) is 10.1. The number of thiazole rings is 1. The molecular weight excluding hydrogens is 268 g/mol. The lowest BCUT2D eigenvalue weighted by Crippen LogP contribution is -2.36. The number of piperidine rings is 1. The van der Waals surface area contributed by atoms with E-state index in [1.54, 1.807) is 11.3 Å². The van der Waals surface area contributed by atoms with Gasteiger partial charge >= 0.3 is 0 Å². The molecule has 2 aromatic rings. The zero-order chi connectivity index (χ0) is 13.9. The highest BCUT2D eigenvalue weighted by Gasteiger charge is 2.23. The van der Waals surface area contributed by atoms with Gasteiger partial charge in [0.15, 0.2) is 0 Å². The molecule has 2 heterocycles. The fraction of sp³-hybridized carbons (Fsp3) is 0.375. The zero-order valence-corrected chi connectivity index (χ0v) is 12.4. The van der Waals surface area contributed by atoms with Gasteiger partial charge in [0.2, 0.25) is 0 Å². The highest BCUT2D eigenvalue weighted by molar-refractivity contribution is 7.15. The van der Waals surface area contributed by atoms with Gasteiger partial charge in [-0.15, -0.1) is 11.3 Å². The van der Waals surface area contributed by atoms with Gasteiger partial charge in [0.05, 0.1) is 0 Å². The van der Waals surface area contributed by atoms with Crippen molar-refractivity contribution in [1.29, 1.82) is 0 Å². The second kappa shape index (κ2) is 5.75. The van der Waals surface area contributed by atoms with Gasteiger partial charge in [0.25, 0.3) is 5.91 Å².